The largest absolute Gasteiger partial charge is 0.480 e. The molecule has 3 N–H and O–H groups in total. The molecular formula is C14H17ClN2O3. The highest BCUT2D eigenvalue weighted by atomic mass is 35.5. The van der Waals surface area contributed by atoms with Crippen LogP contribution in [0.2, 0.25) is 5.02 Å². The van der Waals surface area contributed by atoms with Crippen LogP contribution < -0.4 is 10.6 Å². The van der Waals surface area contributed by atoms with E-state index in [1.165, 1.54) is 6.07 Å². The highest BCUT2D eigenvalue weighted by Crippen LogP contribution is 2.32. The Bertz CT molecular complexity index is 547. The van der Waals surface area contributed by atoms with E-state index < -0.39 is 17.9 Å². The number of carbonyl (C=O) groups excluding carboxylic acids is 1. The van der Waals surface area contributed by atoms with Crippen molar-refractivity contribution in [3.8, 4) is 0 Å². The molecule has 1 saturated heterocycles. The molecule has 1 amide bonds. The van der Waals surface area contributed by atoms with E-state index in [-0.39, 0.29) is 0 Å². The predicted octanol–water partition coefficient (Wildman–Crippen LogP) is 2.13. The Morgan fingerprint density at radius 3 is 2.75 bits per heavy atom. The number of carboxylic acids is 1. The number of primary amides is 1. The summed E-state index contributed by atoms with van der Waals surface area (Å²) in [4.78, 5) is 24.7. The van der Waals surface area contributed by atoms with Gasteiger partial charge in [0.2, 0.25) is 0 Å². The first-order valence-electron chi connectivity index (χ1n) is 6.49. The van der Waals surface area contributed by atoms with E-state index in [1.807, 2.05) is 6.92 Å². The van der Waals surface area contributed by atoms with E-state index in [0.29, 0.717) is 35.2 Å². The lowest BCUT2D eigenvalue weighted by atomic mass is 9.91. The number of hydrogen-bond donors (Lipinski definition) is 2. The summed E-state index contributed by atoms with van der Waals surface area (Å²) in [6, 6.07) is 4.06. The van der Waals surface area contributed by atoms with Crippen LogP contribution in [0.5, 0.6) is 0 Å². The Hall–Kier alpha value is -1.75. The zero-order valence-electron chi connectivity index (χ0n) is 11.2. The summed E-state index contributed by atoms with van der Waals surface area (Å²) in [5.41, 5.74) is 6.17. The topological polar surface area (TPSA) is 83.6 Å². The number of rotatable bonds is 3. The summed E-state index contributed by atoms with van der Waals surface area (Å²) in [7, 11) is 0. The van der Waals surface area contributed by atoms with Crippen LogP contribution in [-0.2, 0) is 4.79 Å². The number of aliphatic carboxylic acids is 1. The maximum atomic E-state index is 11.5. The lowest BCUT2D eigenvalue weighted by Crippen LogP contribution is -2.47. The van der Waals surface area contributed by atoms with Crippen molar-refractivity contribution >= 4 is 29.2 Å². The highest BCUT2D eigenvalue weighted by molar-refractivity contribution is 6.31. The van der Waals surface area contributed by atoms with Crippen LogP contribution in [0, 0.1) is 5.92 Å². The number of nitrogens with zero attached hydrogens (tertiary/aromatic N) is 1. The molecule has 108 valence electrons. The summed E-state index contributed by atoms with van der Waals surface area (Å²) < 4.78 is 0. The number of benzene rings is 1. The first-order valence-corrected chi connectivity index (χ1v) is 6.86. The maximum absolute atomic E-state index is 11.5. The van der Waals surface area contributed by atoms with E-state index in [4.69, 9.17) is 17.3 Å². The Labute approximate surface area is 122 Å². The molecule has 0 bridgehead atoms. The van der Waals surface area contributed by atoms with Gasteiger partial charge in [0, 0.05) is 11.6 Å². The van der Waals surface area contributed by atoms with Crippen molar-refractivity contribution in [2.45, 2.75) is 25.8 Å². The molecule has 5 nitrogen and oxygen atoms in total. The third kappa shape index (κ3) is 2.88. The van der Waals surface area contributed by atoms with Gasteiger partial charge in [-0.15, -0.1) is 0 Å². The van der Waals surface area contributed by atoms with Gasteiger partial charge in [-0.1, -0.05) is 18.5 Å². The molecule has 1 aliphatic heterocycles. The van der Waals surface area contributed by atoms with Crippen molar-refractivity contribution in [3.63, 3.8) is 0 Å². The van der Waals surface area contributed by atoms with Crippen molar-refractivity contribution < 1.29 is 14.7 Å². The second-order valence-corrected chi connectivity index (χ2v) is 5.64. The smallest absolute Gasteiger partial charge is 0.326 e. The van der Waals surface area contributed by atoms with Gasteiger partial charge < -0.3 is 15.7 Å². The Kier molecular flexibility index (Phi) is 4.18. The molecular weight excluding hydrogens is 280 g/mol. The molecule has 2 atom stereocenters. The molecule has 6 heteroatoms. The van der Waals surface area contributed by atoms with E-state index >= 15 is 0 Å². The van der Waals surface area contributed by atoms with Crippen LogP contribution in [0.3, 0.4) is 0 Å². The molecule has 1 aliphatic rings. The van der Waals surface area contributed by atoms with E-state index in [9.17, 15) is 14.7 Å². The number of anilines is 1. The van der Waals surface area contributed by atoms with Crippen molar-refractivity contribution in [1.29, 1.82) is 0 Å². The molecule has 0 radical (unpaired) electrons. The third-order valence-electron chi connectivity index (χ3n) is 3.68. The van der Waals surface area contributed by atoms with Gasteiger partial charge in [0.25, 0.3) is 5.91 Å². The zero-order valence-corrected chi connectivity index (χ0v) is 11.9. The summed E-state index contributed by atoms with van der Waals surface area (Å²) in [6.45, 7) is 2.60. The van der Waals surface area contributed by atoms with Gasteiger partial charge >= 0.3 is 5.97 Å². The number of halogens is 1. The number of carbonyl (C=O) groups is 2. The second-order valence-electron chi connectivity index (χ2n) is 5.20. The maximum Gasteiger partial charge on any atom is 0.326 e. The van der Waals surface area contributed by atoms with Gasteiger partial charge in [0.15, 0.2) is 0 Å². The SMILES string of the molecule is CC1CCN(c2cc(Cl)ccc2C(N)=O)C(C(=O)O)C1. The predicted molar refractivity (Wildman–Crippen MR) is 77.1 cm³/mol. The van der Waals surface area contributed by atoms with Crippen molar-refractivity contribution in [3.05, 3.63) is 28.8 Å². The van der Waals surface area contributed by atoms with Crippen LogP contribution in [0.25, 0.3) is 0 Å². The molecule has 2 rings (SSSR count). The van der Waals surface area contributed by atoms with Gasteiger partial charge in [0.05, 0.1) is 11.3 Å². The highest BCUT2D eigenvalue weighted by Gasteiger charge is 2.33. The van der Waals surface area contributed by atoms with Crippen LogP contribution in [-0.4, -0.2) is 29.6 Å². The molecule has 20 heavy (non-hydrogen) atoms. The third-order valence-corrected chi connectivity index (χ3v) is 3.92. The summed E-state index contributed by atoms with van der Waals surface area (Å²) in [6.07, 6.45) is 1.41. The van der Waals surface area contributed by atoms with Gasteiger partial charge in [0.1, 0.15) is 6.04 Å². The lowest BCUT2D eigenvalue weighted by molar-refractivity contribution is -0.139. The molecule has 0 saturated carbocycles. The van der Waals surface area contributed by atoms with E-state index in [2.05, 4.69) is 0 Å². The first kappa shape index (κ1) is 14.7. The van der Waals surface area contributed by atoms with Gasteiger partial charge in [-0.05, 0) is 37.0 Å². The molecule has 0 spiro atoms. The van der Waals surface area contributed by atoms with E-state index in [0.717, 1.165) is 6.42 Å². The zero-order chi connectivity index (χ0) is 14.9. The number of carboxylic acid groups (broad SMARTS) is 1. The fourth-order valence-electron chi connectivity index (χ4n) is 2.61. The monoisotopic (exact) mass is 296 g/mol. The normalized spacial score (nSPS) is 22.6. The summed E-state index contributed by atoms with van der Waals surface area (Å²) >= 11 is 5.97. The van der Waals surface area contributed by atoms with Gasteiger partial charge in [-0.3, -0.25) is 4.79 Å². The second kappa shape index (κ2) is 5.71. The molecule has 2 unspecified atom stereocenters. The molecule has 0 aliphatic carbocycles. The first-order chi connectivity index (χ1) is 9.40. The molecule has 1 aromatic rings. The number of hydrogen-bond acceptors (Lipinski definition) is 3. The van der Waals surface area contributed by atoms with Crippen LogP contribution >= 0.6 is 11.6 Å². The fourth-order valence-corrected chi connectivity index (χ4v) is 2.78. The number of amides is 1. The molecule has 0 aromatic heterocycles. The van der Waals surface area contributed by atoms with Crippen LogP contribution in [0.15, 0.2) is 18.2 Å². The fraction of sp³-hybridized carbons (Fsp3) is 0.429. The Morgan fingerprint density at radius 2 is 2.15 bits per heavy atom. The number of piperidine rings is 1. The standard InChI is InChI=1S/C14H17ClN2O3/c1-8-4-5-17(12(6-8)14(19)20)11-7-9(15)2-3-10(11)13(16)18/h2-3,7-8,12H,4-6H2,1H3,(H2,16,18)(H,19,20). The molecule has 1 aromatic carbocycles. The molecule has 1 fully saturated rings. The molecule has 1 heterocycles. The summed E-state index contributed by atoms with van der Waals surface area (Å²) in [5.74, 6) is -1.14. The minimum Gasteiger partial charge on any atom is -0.480 e. The average Bonchev–Trinajstić information content (AvgIpc) is 2.38. The van der Waals surface area contributed by atoms with Gasteiger partial charge in [-0.25, -0.2) is 4.79 Å². The van der Waals surface area contributed by atoms with Crippen LogP contribution in [0.4, 0.5) is 5.69 Å². The Balaban J connectivity index is 2.45. The van der Waals surface area contributed by atoms with Crippen LogP contribution in [0.1, 0.15) is 30.1 Å². The van der Waals surface area contributed by atoms with Crippen molar-refractivity contribution in [1.82, 2.24) is 0 Å². The number of nitrogens with two attached hydrogens (primary N) is 1. The van der Waals surface area contributed by atoms with Crippen molar-refractivity contribution in [2.75, 3.05) is 11.4 Å². The quantitative estimate of drug-likeness (QED) is 0.895. The minimum atomic E-state index is -0.896. The van der Waals surface area contributed by atoms with E-state index in [1.54, 1.807) is 17.0 Å². The minimum absolute atomic E-state index is 0.301. The average molecular weight is 297 g/mol. The van der Waals surface area contributed by atoms with Crippen molar-refractivity contribution in [2.24, 2.45) is 11.7 Å². The Morgan fingerprint density at radius 1 is 1.45 bits per heavy atom. The summed E-state index contributed by atoms with van der Waals surface area (Å²) in [5, 5.41) is 9.85. The van der Waals surface area contributed by atoms with Gasteiger partial charge in [-0.2, -0.15) is 0 Å². The lowest BCUT2D eigenvalue weighted by Gasteiger charge is -2.38.